The van der Waals surface area contributed by atoms with E-state index in [-0.39, 0.29) is 4.75 Å². The highest BCUT2D eigenvalue weighted by Crippen LogP contribution is 2.33. The summed E-state index contributed by atoms with van der Waals surface area (Å²) < 4.78 is 14.3. The van der Waals surface area contributed by atoms with Crippen molar-refractivity contribution in [3.63, 3.8) is 0 Å². The van der Waals surface area contributed by atoms with Crippen LogP contribution >= 0.6 is 21.8 Å². The lowest BCUT2D eigenvalue weighted by Gasteiger charge is -2.16. The van der Waals surface area contributed by atoms with Crippen molar-refractivity contribution in [2.75, 3.05) is 13.3 Å². The first kappa shape index (κ1) is 13.9. The van der Waals surface area contributed by atoms with Crippen molar-refractivity contribution in [3.8, 4) is 11.5 Å². The van der Waals surface area contributed by atoms with Crippen LogP contribution in [0.25, 0.3) is 0 Å². The van der Waals surface area contributed by atoms with E-state index in [0.29, 0.717) is 6.79 Å². The van der Waals surface area contributed by atoms with Crippen molar-refractivity contribution < 1.29 is 9.47 Å². The molecule has 0 radical (unpaired) electrons. The Morgan fingerprint density at radius 2 is 2.00 bits per heavy atom. The average molecular weight is 285 g/mol. The molecule has 0 spiro atoms. The maximum atomic E-state index is 5.36. The Hall–Kier alpha value is -0.520. The van der Waals surface area contributed by atoms with E-state index < -0.39 is 0 Å². The van der Waals surface area contributed by atoms with Gasteiger partial charge in [0.2, 0.25) is 6.79 Å². The third kappa shape index (κ3) is 4.30. The number of fused-ring (bicyclic) bond motifs is 1. The van der Waals surface area contributed by atoms with Crippen LogP contribution in [-0.2, 0) is 6.42 Å². The zero-order valence-electron chi connectivity index (χ0n) is 11.0. The lowest BCUT2D eigenvalue weighted by Crippen LogP contribution is -2.11. The van der Waals surface area contributed by atoms with E-state index in [9.17, 15) is 0 Å². The van der Waals surface area contributed by atoms with Gasteiger partial charge in [0.25, 0.3) is 0 Å². The normalized spacial score (nSPS) is 13.9. The molecule has 1 heterocycles. The Bertz CT molecular complexity index is 404. The van der Waals surface area contributed by atoms with Crippen LogP contribution in [0.3, 0.4) is 0 Å². The number of benzene rings is 1. The zero-order chi connectivity index (χ0) is 13.0. The van der Waals surface area contributed by atoms with Gasteiger partial charge in [-0.05, 0) is 35.1 Å². The van der Waals surface area contributed by atoms with Crippen LogP contribution in [0.2, 0.25) is 0 Å². The summed E-state index contributed by atoms with van der Waals surface area (Å²) in [6.07, 6.45) is 0.994. The van der Waals surface area contributed by atoms with Crippen LogP contribution < -0.4 is 14.2 Å². The predicted octanol–water partition coefficient (Wildman–Crippen LogP) is 3.64. The summed E-state index contributed by atoms with van der Waals surface area (Å²) in [4.78, 5) is 0. The molecule has 0 unspecified atom stereocenters. The number of hydrogen-bond donors (Lipinski definition) is 1. The van der Waals surface area contributed by atoms with E-state index in [1.807, 2.05) is 16.9 Å². The van der Waals surface area contributed by atoms with Crippen LogP contribution in [0.4, 0.5) is 0 Å². The topological polar surface area (TPSA) is 30.5 Å². The van der Waals surface area contributed by atoms with E-state index in [2.05, 4.69) is 37.6 Å². The largest absolute Gasteiger partial charge is 0.454 e. The highest BCUT2D eigenvalue weighted by atomic mass is 33.1. The molecule has 1 aliphatic rings. The van der Waals surface area contributed by atoms with E-state index in [1.165, 1.54) is 5.56 Å². The first-order valence-corrected chi connectivity index (χ1v) is 8.16. The molecule has 1 N–H and O–H groups in total. The van der Waals surface area contributed by atoms with Gasteiger partial charge < -0.3 is 9.47 Å². The van der Waals surface area contributed by atoms with Crippen molar-refractivity contribution in [2.24, 2.45) is 0 Å². The van der Waals surface area contributed by atoms with Gasteiger partial charge in [-0.25, -0.2) is 0 Å². The van der Waals surface area contributed by atoms with Gasteiger partial charge in [0.05, 0.1) is 0 Å². The van der Waals surface area contributed by atoms with Crippen molar-refractivity contribution in [1.82, 2.24) is 4.72 Å². The van der Waals surface area contributed by atoms with Gasteiger partial charge in [-0.15, -0.1) is 0 Å². The number of nitrogens with one attached hydrogen (secondary N) is 1. The minimum absolute atomic E-state index is 0.288. The molecule has 1 aliphatic heterocycles. The molecule has 0 aliphatic carbocycles. The minimum atomic E-state index is 0.288. The van der Waals surface area contributed by atoms with Gasteiger partial charge in [-0.1, -0.05) is 37.6 Å². The highest BCUT2D eigenvalue weighted by Gasteiger charge is 2.13. The Kier molecular flexibility index (Phi) is 4.70. The predicted molar refractivity (Wildman–Crippen MR) is 79.2 cm³/mol. The third-order valence-electron chi connectivity index (χ3n) is 2.30. The summed E-state index contributed by atoms with van der Waals surface area (Å²) >= 11 is 0. The molecular weight excluding hydrogens is 266 g/mol. The molecule has 100 valence electrons. The molecule has 0 atom stereocenters. The zero-order valence-corrected chi connectivity index (χ0v) is 12.6. The molecule has 2 rings (SSSR count). The Balaban J connectivity index is 1.71. The Morgan fingerprint density at radius 3 is 2.78 bits per heavy atom. The van der Waals surface area contributed by atoms with Gasteiger partial charge in [0, 0.05) is 11.3 Å². The van der Waals surface area contributed by atoms with Gasteiger partial charge in [-0.2, -0.15) is 0 Å². The molecule has 1 aromatic carbocycles. The summed E-state index contributed by atoms with van der Waals surface area (Å²) in [7, 11) is 3.57. The lowest BCUT2D eigenvalue weighted by molar-refractivity contribution is 0.174. The van der Waals surface area contributed by atoms with E-state index >= 15 is 0 Å². The van der Waals surface area contributed by atoms with Gasteiger partial charge in [-0.3, -0.25) is 4.72 Å². The standard InChI is InChI=1S/C13H19NO2S2/c1-13(2,3)17-18-14-7-6-10-4-5-11-12(8-10)16-9-15-11/h4-5,8,14H,6-7,9H2,1-3H3. The van der Waals surface area contributed by atoms with Crippen molar-refractivity contribution in [1.29, 1.82) is 0 Å². The fourth-order valence-electron chi connectivity index (χ4n) is 1.49. The number of ether oxygens (including phenoxy) is 2. The summed E-state index contributed by atoms with van der Waals surface area (Å²) in [6, 6.07) is 6.14. The average Bonchev–Trinajstić information content (AvgIpc) is 2.74. The number of hydrogen-bond acceptors (Lipinski definition) is 5. The third-order valence-corrected chi connectivity index (χ3v) is 5.31. The van der Waals surface area contributed by atoms with Crippen LogP contribution in [0.5, 0.6) is 11.5 Å². The summed E-state index contributed by atoms with van der Waals surface area (Å²) in [5.41, 5.74) is 1.27. The second-order valence-electron chi connectivity index (χ2n) is 5.11. The maximum Gasteiger partial charge on any atom is 0.231 e. The summed E-state index contributed by atoms with van der Waals surface area (Å²) in [5.74, 6) is 1.72. The van der Waals surface area contributed by atoms with Crippen molar-refractivity contribution in [3.05, 3.63) is 23.8 Å². The fraction of sp³-hybridized carbons (Fsp3) is 0.538. The molecule has 0 aromatic heterocycles. The van der Waals surface area contributed by atoms with Crippen LogP contribution in [-0.4, -0.2) is 18.1 Å². The Morgan fingerprint density at radius 1 is 1.22 bits per heavy atom. The van der Waals surface area contributed by atoms with Crippen LogP contribution in [0.1, 0.15) is 26.3 Å². The molecule has 5 heteroatoms. The van der Waals surface area contributed by atoms with E-state index in [0.717, 1.165) is 24.5 Å². The molecule has 1 aromatic rings. The molecule has 0 fully saturated rings. The molecule has 18 heavy (non-hydrogen) atoms. The second-order valence-corrected chi connectivity index (χ2v) is 7.96. The van der Waals surface area contributed by atoms with Crippen LogP contribution in [0.15, 0.2) is 18.2 Å². The van der Waals surface area contributed by atoms with Gasteiger partial charge >= 0.3 is 0 Å². The molecule has 0 saturated carbocycles. The van der Waals surface area contributed by atoms with Crippen molar-refractivity contribution in [2.45, 2.75) is 31.9 Å². The molecule has 3 nitrogen and oxygen atoms in total. The van der Waals surface area contributed by atoms with Crippen molar-refractivity contribution >= 4 is 21.8 Å². The minimum Gasteiger partial charge on any atom is -0.454 e. The molecule has 0 bridgehead atoms. The molecular formula is C13H19NO2S2. The molecule has 0 saturated heterocycles. The fourth-order valence-corrected chi connectivity index (χ4v) is 3.16. The quantitative estimate of drug-likeness (QED) is 0.507. The first-order valence-electron chi connectivity index (χ1n) is 6.01. The van der Waals surface area contributed by atoms with Gasteiger partial charge in [0.1, 0.15) is 0 Å². The summed E-state index contributed by atoms with van der Waals surface area (Å²) in [6.45, 7) is 7.93. The van der Waals surface area contributed by atoms with E-state index in [1.54, 1.807) is 11.0 Å². The lowest BCUT2D eigenvalue weighted by atomic mass is 10.1. The Labute approximate surface area is 117 Å². The second kappa shape index (κ2) is 6.08. The number of rotatable bonds is 5. The first-order chi connectivity index (χ1) is 8.54. The van der Waals surface area contributed by atoms with Crippen LogP contribution in [0, 0.1) is 0 Å². The maximum absolute atomic E-state index is 5.36. The smallest absolute Gasteiger partial charge is 0.231 e. The molecule has 0 amide bonds. The van der Waals surface area contributed by atoms with E-state index in [4.69, 9.17) is 9.47 Å². The van der Waals surface area contributed by atoms with Gasteiger partial charge in [0.15, 0.2) is 11.5 Å². The SMILES string of the molecule is CC(C)(C)SSNCCc1ccc2c(c1)OCO2. The highest BCUT2D eigenvalue weighted by molar-refractivity contribution is 8.76. The summed E-state index contributed by atoms with van der Waals surface area (Å²) in [5, 5.41) is 0. The monoisotopic (exact) mass is 285 g/mol.